The van der Waals surface area contributed by atoms with Crippen LogP contribution in [0.5, 0.6) is 0 Å². The van der Waals surface area contributed by atoms with Crippen LogP contribution in [0.25, 0.3) is 0 Å². The van der Waals surface area contributed by atoms with Gasteiger partial charge in [-0.15, -0.1) is 0 Å². The Labute approximate surface area is 196 Å². The van der Waals surface area contributed by atoms with E-state index < -0.39 is 4.92 Å². The fourth-order valence-electron chi connectivity index (χ4n) is 3.90. The highest BCUT2D eigenvalue weighted by Crippen LogP contribution is 2.35. The zero-order chi connectivity index (χ0) is 23.5. The molecule has 1 aliphatic rings. The van der Waals surface area contributed by atoms with E-state index >= 15 is 0 Å². The summed E-state index contributed by atoms with van der Waals surface area (Å²) in [7, 11) is 0. The van der Waals surface area contributed by atoms with Gasteiger partial charge in [0.25, 0.3) is 11.6 Å². The van der Waals surface area contributed by atoms with E-state index in [1.165, 1.54) is 46.8 Å². The standard InChI is InChI=1S/C25H24FN3O3S/c1-17-3-4-18(2)22(15-17)27-11-13-28(14-12-27)25(30)19-5-10-24(23(16-19)29(31)32)33-21-8-6-20(26)7-9-21/h3-10,15-16H,11-14H2,1-2H3. The van der Waals surface area contributed by atoms with Crippen molar-refractivity contribution in [3.8, 4) is 0 Å². The second kappa shape index (κ2) is 9.62. The van der Waals surface area contributed by atoms with Gasteiger partial charge in [-0.05, 0) is 67.4 Å². The molecule has 1 fully saturated rings. The molecule has 1 aliphatic heterocycles. The Kier molecular flexibility index (Phi) is 6.65. The van der Waals surface area contributed by atoms with Crippen molar-refractivity contribution in [2.45, 2.75) is 23.6 Å². The first-order chi connectivity index (χ1) is 15.8. The van der Waals surface area contributed by atoms with Crippen LogP contribution in [0.1, 0.15) is 21.5 Å². The molecule has 3 aromatic carbocycles. The lowest BCUT2D eigenvalue weighted by Gasteiger charge is -2.37. The first kappa shape index (κ1) is 22.8. The number of nitro groups is 1. The molecule has 0 radical (unpaired) electrons. The summed E-state index contributed by atoms with van der Waals surface area (Å²) in [5.74, 6) is -0.579. The summed E-state index contributed by atoms with van der Waals surface area (Å²) in [6.07, 6.45) is 0. The lowest BCUT2D eigenvalue weighted by atomic mass is 10.1. The van der Waals surface area contributed by atoms with Gasteiger partial charge >= 0.3 is 0 Å². The SMILES string of the molecule is Cc1ccc(C)c(N2CCN(C(=O)c3ccc(Sc4ccc(F)cc4)c([N+](=O)[O-])c3)CC2)c1. The van der Waals surface area contributed by atoms with Gasteiger partial charge < -0.3 is 9.80 Å². The van der Waals surface area contributed by atoms with Gasteiger partial charge in [-0.1, -0.05) is 23.9 Å². The van der Waals surface area contributed by atoms with Crippen molar-refractivity contribution in [3.05, 3.63) is 93.3 Å². The molecular formula is C25H24FN3O3S. The minimum absolute atomic E-state index is 0.135. The summed E-state index contributed by atoms with van der Waals surface area (Å²) in [4.78, 5) is 29.4. The number of piperazine rings is 1. The molecule has 0 saturated carbocycles. The first-order valence-electron chi connectivity index (χ1n) is 10.6. The van der Waals surface area contributed by atoms with Crippen LogP contribution < -0.4 is 4.90 Å². The lowest BCUT2D eigenvalue weighted by Crippen LogP contribution is -2.49. The maximum absolute atomic E-state index is 13.1. The molecule has 0 atom stereocenters. The molecule has 0 bridgehead atoms. The van der Waals surface area contributed by atoms with Crippen LogP contribution in [-0.4, -0.2) is 41.9 Å². The minimum Gasteiger partial charge on any atom is -0.368 e. The smallest absolute Gasteiger partial charge is 0.284 e. The number of rotatable bonds is 5. The van der Waals surface area contributed by atoms with Crippen LogP contribution in [0.2, 0.25) is 0 Å². The van der Waals surface area contributed by atoms with E-state index in [2.05, 4.69) is 36.9 Å². The van der Waals surface area contributed by atoms with Crippen LogP contribution in [-0.2, 0) is 0 Å². The summed E-state index contributed by atoms with van der Waals surface area (Å²) in [5, 5.41) is 11.7. The predicted molar refractivity (Wildman–Crippen MR) is 128 cm³/mol. The molecule has 0 unspecified atom stereocenters. The van der Waals surface area contributed by atoms with E-state index in [1.54, 1.807) is 29.2 Å². The maximum atomic E-state index is 13.1. The highest BCUT2D eigenvalue weighted by atomic mass is 32.2. The van der Waals surface area contributed by atoms with Crippen molar-refractivity contribution in [1.29, 1.82) is 0 Å². The summed E-state index contributed by atoms with van der Waals surface area (Å²) in [6.45, 7) is 6.65. The average Bonchev–Trinajstić information content (AvgIpc) is 2.82. The number of anilines is 1. The van der Waals surface area contributed by atoms with Crippen LogP contribution in [0.4, 0.5) is 15.8 Å². The number of aryl methyl sites for hydroxylation is 2. The highest BCUT2D eigenvalue weighted by Gasteiger charge is 2.25. The van der Waals surface area contributed by atoms with Crippen molar-refractivity contribution in [2.24, 2.45) is 0 Å². The Morgan fingerprint density at radius 3 is 2.33 bits per heavy atom. The minimum atomic E-state index is -0.485. The first-order valence-corrected chi connectivity index (χ1v) is 11.5. The lowest BCUT2D eigenvalue weighted by molar-refractivity contribution is -0.387. The summed E-state index contributed by atoms with van der Waals surface area (Å²) in [6, 6.07) is 16.7. The van der Waals surface area contributed by atoms with Gasteiger partial charge in [0.05, 0.1) is 9.82 Å². The van der Waals surface area contributed by atoms with Gasteiger partial charge in [0.15, 0.2) is 0 Å². The zero-order valence-electron chi connectivity index (χ0n) is 18.5. The van der Waals surface area contributed by atoms with Crippen molar-refractivity contribution in [3.63, 3.8) is 0 Å². The van der Waals surface area contributed by atoms with Gasteiger partial charge in [-0.2, -0.15) is 0 Å². The fourth-order valence-corrected chi connectivity index (χ4v) is 4.80. The summed E-state index contributed by atoms with van der Waals surface area (Å²) < 4.78 is 13.1. The normalized spacial score (nSPS) is 13.8. The number of carbonyl (C=O) groups is 1. The largest absolute Gasteiger partial charge is 0.368 e. The molecule has 1 heterocycles. The van der Waals surface area contributed by atoms with Gasteiger partial charge in [0.1, 0.15) is 5.82 Å². The number of nitrogens with zero attached hydrogens (tertiary/aromatic N) is 3. The van der Waals surface area contributed by atoms with Crippen molar-refractivity contribution >= 4 is 29.0 Å². The number of benzene rings is 3. The molecular weight excluding hydrogens is 441 g/mol. The third-order valence-corrected chi connectivity index (χ3v) is 6.79. The number of hydrogen-bond acceptors (Lipinski definition) is 5. The third kappa shape index (κ3) is 5.17. The average molecular weight is 466 g/mol. The second-order valence-corrected chi connectivity index (χ2v) is 9.18. The quantitative estimate of drug-likeness (QED) is 0.370. The number of nitro benzene ring substituents is 1. The summed E-state index contributed by atoms with van der Waals surface area (Å²) in [5.41, 5.74) is 3.74. The van der Waals surface area contributed by atoms with Gasteiger partial charge in [0, 0.05) is 48.4 Å². The number of halogens is 1. The highest BCUT2D eigenvalue weighted by molar-refractivity contribution is 7.99. The predicted octanol–water partition coefficient (Wildman–Crippen LogP) is 5.46. The van der Waals surface area contributed by atoms with E-state index in [9.17, 15) is 19.3 Å². The molecule has 170 valence electrons. The molecule has 33 heavy (non-hydrogen) atoms. The van der Waals surface area contributed by atoms with Crippen molar-refractivity contribution < 1.29 is 14.1 Å². The van der Waals surface area contributed by atoms with Gasteiger partial charge in [-0.25, -0.2) is 4.39 Å². The number of amides is 1. The fraction of sp³-hybridized carbons (Fsp3) is 0.240. The topological polar surface area (TPSA) is 66.7 Å². The Morgan fingerprint density at radius 1 is 0.970 bits per heavy atom. The molecule has 0 N–H and O–H groups in total. The number of carbonyl (C=O) groups excluding carboxylic acids is 1. The van der Waals surface area contributed by atoms with Crippen LogP contribution in [0.15, 0.2) is 70.5 Å². The monoisotopic (exact) mass is 465 g/mol. The van der Waals surface area contributed by atoms with Crippen molar-refractivity contribution in [2.75, 3.05) is 31.1 Å². The van der Waals surface area contributed by atoms with E-state index in [4.69, 9.17) is 0 Å². The molecule has 1 saturated heterocycles. The van der Waals surface area contributed by atoms with E-state index in [0.717, 1.165) is 0 Å². The van der Waals surface area contributed by atoms with Gasteiger partial charge in [-0.3, -0.25) is 14.9 Å². The molecule has 1 amide bonds. The van der Waals surface area contributed by atoms with Gasteiger partial charge in [0.2, 0.25) is 0 Å². The molecule has 4 rings (SSSR count). The Morgan fingerprint density at radius 2 is 1.67 bits per heavy atom. The third-order valence-electron chi connectivity index (χ3n) is 5.72. The second-order valence-electron chi connectivity index (χ2n) is 8.06. The van der Waals surface area contributed by atoms with E-state index in [1.807, 2.05) is 0 Å². The van der Waals surface area contributed by atoms with E-state index in [-0.39, 0.29) is 17.4 Å². The Hall–Kier alpha value is -3.39. The Balaban J connectivity index is 1.48. The molecule has 0 spiro atoms. The molecule has 0 aliphatic carbocycles. The molecule has 8 heteroatoms. The van der Waals surface area contributed by atoms with Crippen LogP contribution in [0.3, 0.4) is 0 Å². The molecule has 0 aromatic heterocycles. The van der Waals surface area contributed by atoms with Crippen molar-refractivity contribution in [1.82, 2.24) is 4.90 Å². The molecule has 6 nitrogen and oxygen atoms in total. The molecule has 3 aromatic rings. The number of hydrogen-bond donors (Lipinski definition) is 0. The van der Waals surface area contributed by atoms with E-state index in [0.29, 0.717) is 41.5 Å². The Bertz CT molecular complexity index is 1190. The summed E-state index contributed by atoms with van der Waals surface area (Å²) >= 11 is 1.17. The van der Waals surface area contributed by atoms with Crippen LogP contribution >= 0.6 is 11.8 Å². The van der Waals surface area contributed by atoms with Crippen LogP contribution in [0, 0.1) is 29.8 Å². The zero-order valence-corrected chi connectivity index (χ0v) is 19.3. The maximum Gasteiger partial charge on any atom is 0.284 e.